The van der Waals surface area contributed by atoms with E-state index < -0.39 is 0 Å². The summed E-state index contributed by atoms with van der Waals surface area (Å²) in [4.78, 5) is 15.0. The molecule has 0 aliphatic rings. The van der Waals surface area contributed by atoms with Gasteiger partial charge < -0.3 is 4.40 Å². The van der Waals surface area contributed by atoms with E-state index >= 15 is 0 Å². The van der Waals surface area contributed by atoms with Gasteiger partial charge in [-0.3, -0.25) is 9.89 Å². The first-order chi connectivity index (χ1) is 10.1. The van der Waals surface area contributed by atoms with E-state index in [0.717, 1.165) is 27.0 Å². The van der Waals surface area contributed by atoms with Crippen LogP contribution in [0.3, 0.4) is 0 Å². The molecular formula is C14H13N5OS. The van der Waals surface area contributed by atoms with Crippen LogP contribution in [0.15, 0.2) is 29.5 Å². The molecule has 0 aromatic carbocycles. The van der Waals surface area contributed by atoms with E-state index in [2.05, 4.69) is 32.8 Å². The van der Waals surface area contributed by atoms with Crippen molar-refractivity contribution < 1.29 is 0 Å². The summed E-state index contributed by atoms with van der Waals surface area (Å²) in [5.74, 6) is 0. The number of H-pyrrole nitrogens is 1. The van der Waals surface area contributed by atoms with Crippen LogP contribution >= 0.6 is 11.3 Å². The van der Waals surface area contributed by atoms with Crippen LogP contribution < -0.4 is 5.56 Å². The van der Waals surface area contributed by atoms with Gasteiger partial charge in [-0.1, -0.05) is 0 Å². The van der Waals surface area contributed by atoms with Crippen LogP contribution in [-0.2, 0) is 6.54 Å². The van der Waals surface area contributed by atoms with Gasteiger partial charge in [0.2, 0.25) is 0 Å². The molecule has 0 aliphatic heterocycles. The standard InChI is InChI=1S/C14H13N5OS/c1-8-6-18-11-5-16-19(7-10-3-4-15-17-10)13(20)12(11)9(2)14(18)21-8/h3-6H,7H2,1-2H3,(H,15,17). The quantitative estimate of drug-likeness (QED) is 0.616. The molecule has 1 N–H and O–H groups in total. The molecule has 4 aromatic heterocycles. The lowest BCUT2D eigenvalue weighted by Crippen LogP contribution is -2.23. The average molecular weight is 299 g/mol. The molecule has 106 valence electrons. The van der Waals surface area contributed by atoms with Crippen LogP contribution in [0.4, 0.5) is 0 Å². The molecule has 0 spiro atoms. The van der Waals surface area contributed by atoms with Gasteiger partial charge in [0.1, 0.15) is 4.83 Å². The summed E-state index contributed by atoms with van der Waals surface area (Å²) in [6.07, 6.45) is 5.48. The molecule has 7 heteroatoms. The molecule has 0 aliphatic carbocycles. The molecule has 0 saturated carbocycles. The zero-order chi connectivity index (χ0) is 14.6. The lowest BCUT2D eigenvalue weighted by molar-refractivity contribution is 0.633. The van der Waals surface area contributed by atoms with E-state index in [1.807, 2.05) is 13.0 Å². The Bertz CT molecular complexity index is 1010. The Morgan fingerprint density at radius 1 is 1.38 bits per heavy atom. The predicted octanol–water partition coefficient (Wildman–Crippen LogP) is 2.10. The SMILES string of the molecule is Cc1cn2c(s1)c(C)c1c(=O)n(Cc3ccn[nH]3)ncc12. The summed E-state index contributed by atoms with van der Waals surface area (Å²) in [6, 6.07) is 1.84. The van der Waals surface area contributed by atoms with Gasteiger partial charge in [0.15, 0.2) is 0 Å². The Morgan fingerprint density at radius 3 is 3.00 bits per heavy atom. The summed E-state index contributed by atoms with van der Waals surface area (Å²) < 4.78 is 3.53. The second-order valence-corrected chi connectivity index (χ2v) is 6.33. The van der Waals surface area contributed by atoms with Crippen molar-refractivity contribution in [2.24, 2.45) is 0 Å². The van der Waals surface area contributed by atoms with Gasteiger partial charge in [-0.2, -0.15) is 10.2 Å². The fourth-order valence-corrected chi connectivity index (χ4v) is 3.64. The van der Waals surface area contributed by atoms with Crippen molar-refractivity contribution in [2.75, 3.05) is 0 Å². The predicted molar refractivity (Wildman–Crippen MR) is 82.0 cm³/mol. The minimum atomic E-state index is -0.0619. The number of fused-ring (bicyclic) bond motifs is 3. The molecular weight excluding hydrogens is 286 g/mol. The number of nitrogens with zero attached hydrogens (tertiary/aromatic N) is 4. The van der Waals surface area contributed by atoms with Gasteiger partial charge in [-0.25, -0.2) is 4.68 Å². The number of aromatic amines is 1. The summed E-state index contributed by atoms with van der Waals surface area (Å²) in [5, 5.41) is 11.8. The molecule has 4 aromatic rings. The molecule has 0 fully saturated rings. The normalized spacial score (nSPS) is 11.7. The molecule has 0 amide bonds. The summed E-state index contributed by atoms with van der Waals surface area (Å²) in [7, 11) is 0. The third kappa shape index (κ3) is 1.74. The summed E-state index contributed by atoms with van der Waals surface area (Å²) in [5.41, 5.74) is 2.69. The molecule has 0 unspecified atom stereocenters. The number of aromatic nitrogens is 5. The zero-order valence-corrected chi connectivity index (χ0v) is 12.4. The van der Waals surface area contributed by atoms with Crippen LogP contribution in [0, 0.1) is 13.8 Å². The Kier molecular flexibility index (Phi) is 2.52. The van der Waals surface area contributed by atoms with Gasteiger partial charge in [-0.05, 0) is 25.5 Å². The number of rotatable bonds is 2. The third-order valence-electron chi connectivity index (χ3n) is 3.65. The Labute approximate surface area is 123 Å². The number of hydrogen-bond acceptors (Lipinski definition) is 4. The van der Waals surface area contributed by atoms with E-state index in [9.17, 15) is 4.79 Å². The van der Waals surface area contributed by atoms with E-state index in [1.54, 1.807) is 23.7 Å². The molecule has 0 atom stereocenters. The van der Waals surface area contributed by atoms with Gasteiger partial charge in [0.05, 0.1) is 29.3 Å². The summed E-state index contributed by atoms with van der Waals surface area (Å²) >= 11 is 1.70. The van der Waals surface area contributed by atoms with Gasteiger partial charge >= 0.3 is 0 Å². The largest absolute Gasteiger partial charge is 0.305 e. The maximum Gasteiger partial charge on any atom is 0.276 e. The minimum Gasteiger partial charge on any atom is -0.305 e. The van der Waals surface area contributed by atoms with Crippen LogP contribution in [0.2, 0.25) is 0 Å². The van der Waals surface area contributed by atoms with Crippen molar-refractivity contribution in [1.82, 2.24) is 24.4 Å². The lowest BCUT2D eigenvalue weighted by atomic mass is 10.2. The number of aryl methyl sites for hydroxylation is 2. The second kappa shape index (κ2) is 4.29. The van der Waals surface area contributed by atoms with Crippen molar-refractivity contribution in [2.45, 2.75) is 20.4 Å². The van der Waals surface area contributed by atoms with Crippen molar-refractivity contribution in [3.63, 3.8) is 0 Å². The first kappa shape index (κ1) is 12.3. The monoisotopic (exact) mass is 299 g/mol. The van der Waals surface area contributed by atoms with Gasteiger partial charge in [-0.15, -0.1) is 11.3 Å². The lowest BCUT2D eigenvalue weighted by Gasteiger charge is -2.03. The molecule has 0 radical (unpaired) electrons. The van der Waals surface area contributed by atoms with Crippen LogP contribution in [-0.4, -0.2) is 24.4 Å². The average Bonchev–Trinajstić information content (AvgIpc) is 3.13. The van der Waals surface area contributed by atoms with Crippen molar-refractivity contribution in [1.29, 1.82) is 0 Å². The number of thiazole rings is 1. The molecule has 0 saturated heterocycles. The molecule has 6 nitrogen and oxygen atoms in total. The van der Waals surface area contributed by atoms with Gasteiger partial charge in [0, 0.05) is 17.3 Å². The minimum absolute atomic E-state index is 0.0619. The Balaban J connectivity index is 1.98. The molecule has 4 rings (SSSR count). The van der Waals surface area contributed by atoms with Crippen LogP contribution in [0.1, 0.15) is 16.1 Å². The molecule has 4 heterocycles. The number of nitrogens with one attached hydrogen (secondary N) is 1. The van der Waals surface area contributed by atoms with Crippen molar-refractivity contribution in [3.05, 3.63) is 51.1 Å². The van der Waals surface area contributed by atoms with Gasteiger partial charge in [0.25, 0.3) is 5.56 Å². The van der Waals surface area contributed by atoms with Crippen LogP contribution in [0.5, 0.6) is 0 Å². The topological polar surface area (TPSA) is 68.0 Å². The molecule has 21 heavy (non-hydrogen) atoms. The smallest absolute Gasteiger partial charge is 0.276 e. The highest BCUT2D eigenvalue weighted by Crippen LogP contribution is 2.28. The highest BCUT2D eigenvalue weighted by Gasteiger charge is 2.16. The van der Waals surface area contributed by atoms with Crippen LogP contribution in [0.25, 0.3) is 15.7 Å². The maximum atomic E-state index is 12.7. The highest BCUT2D eigenvalue weighted by atomic mass is 32.1. The van der Waals surface area contributed by atoms with E-state index in [0.29, 0.717) is 6.54 Å². The third-order valence-corrected chi connectivity index (χ3v) is 4.77. The molecule has 0 bridgehead atoms. The van der Waals surface area contributed by atoms with E-state index in [4.69, 9.17) is 0 Å². The fraction of sp³-hybridized carbons (Fsp3) is 0.214. The van der Waals surface area contributed by atoms with E-state index in [1.165, 1.54) is 9.56 Å². The second-order valence-electron chi connectivity index (χ2n) is 5.09. The fourth-order valence-electron chi connectivity index (χ4n) is 2.67. The Morgan fingerprint density at radius 2 is 2.24 bits per heavy atom. The highest BCUT2D eigenvalue weighted by molar-refractivity contribution is 7.17. The zero-order valence-electron chi connectivity index (χ0n) is 11.6. The first-order valence-corrected chi connectivity index (χ1v) is 7.42. The first-order valence-electron chi connectivity index (χ1n) is 6.60. The Hall–Kier alpha value is -2.41. The number of hydrogen-bond donors (Lipinski definition) is 1. The maximum absolute atomic E-state index is 12.7. The van der Waals surface area contributed by atoms with E-state index in [-0.39, 0.29) is 5.56 Å². The van der Waals surface area contributed by atoms with Crippen molar-refractivity contribution in [3.8, 4) is 0 Å². The summed E-state index contributed by atoms with van der Waals surface area (Å²) in [6.45, 7) is 4.46. The van der Waals surface area contributed by atoms with Crippen molar-refractivity contribution >= 4 is 27.1 Å².